The van der Waals surface area contributed by atoms with E-state index >= 15 is 0 Å². The number of carbonyl (C=O) groups is 2. The highest BCUT2D eigenvalue weighted by atomic mass is 31.2. The summed E-state index contributed by atoms with van der Waals surface area (Å²) in [5.74, 6) is -0.220. The minimum atomic E-state index is -2.22. The number of aromatic nitrogens is 4. The molecule has 13 nitrogen and oxygen atoms in total. The Morgan fingerprint density at radius 2 is 1.61 bits per heavy atom. The van der Waals surface area contributed by atoms with Crippen LogP contribution in [0.2, 0.25) is 0 Å². The molecule has 1 unspecified atom stereocenters. The molecule has 2 aromatic heterocycles. The van der Waals surface area contributed by atoms with Crippen molar-refractivity contribution in [2.24, 2.45) is 5.50 Å². The number of ether oxygens (including phenoxy) is 3. The molecule has 0 saturated carbocycles. The van der Waals surface area contributed by atoms with Gasteiger partial charge in [-0.3, -0.25) is 14.9 Å². The Morgan fingerprint density at radius 1 is 0.935 bits per heavy atom. The maximum Gasteiger partial charge on any atom is 0.508 e. The second kappa shape index (κ2) is 12.9. The number of amides is 1. The lowest BCUT2D eigenvalue weighted by atomic mass is 9.98. The lowest BCUT2D eigenvalue weighted by molar-refractivity contribution is -0.0532. The predicted octanol–water partition coefficient (Wildman–Crippen LogP) is 4.89. The summed E-state index contributed by atoms with van der Waals surface area (Å²) in [4.78, 5) is 48.3. The average molecular weight is 641 g/mol. The van der Waals surface area contributed by atoms with Crippen molar-refractivity contribution in [3.05, 3.63) is 108 Å². The standard InChI is InChI=1S/C32H29N6O7P/c33-46(41)45-25-14-27(38-18-36-28-29(34-17-35-30(28)38)37-31(39)19-8-2-1-3-9-19)44-26(25)16-43-32(40)42-15-24-22-12-6-4-10-20(22)21-11-5-7-13-23(21)24/h1-13,17-18,24-27,41H,14-16,33H2,(H,34,35,37,39)/t25-,26+,27+,46?/m0/s1. The lowest BCUT2D eigenvalue weighted by Crippen LogP contribution is -2.30. The summed E-state index contributed by atoms with van der Waals surface area (Å²) < 4.78 is 24.4. The molecule has 4 atom stereocenters. The number of carbonyl (C=O) groups excluding carboxylic acids is 2. The number of rotatable bonds is 9. The van der Waals surface area contributed by atoms with E-state index in [1.807, 2.05) is 42.5 Å². The second-order valence-electron chi connectivity index (χ2n) is 10.8. The van der Waals surface area contributed by atoms with E-state index < -0.39 is 33.1 Å². The number of hydrogen-bond donors (Lipinski definition) is 3. The van der Waals surface area contributed by atoms with Crippen LogP contribution in [0.1, 0.15) is 40.1 Å². The van der Waals surface area contributed by atoms with Crippen LogP contribution in [0.4, 0.5) is 10.6 Å². The highest BCUT2D eigenvalue weighted by Crippen LogP contribution is 2.44. The molecule has 4 N–H and O–H groups in total. The van der Waals surface area contributed by atoms with Crippen molar-refractivity contribution in [2.75, 3.05) is 18.5 Å². The number of anilines is 1. The Bertz CT molecular complexity index is 1840. The van der Waals surface area contributed by atoms with E-state index in [1.54, 1.807) is 28.8 Å². The molecule has 3 heterocycles. The first-order valence-electron chi connectivity index (χ1n) is 14.5. The fourth-order valence-electron chi connectivity index (χ4n) is 5.98. The van der Waals surface area contributed by atoms with Crippen LogP contribution in [0.3, 0.4) is 0 Å². The number of nitrogens with zero attached hydrogens (tertiary/aromatic N) is 4. The van der Waals surface area contributed by atoms with Crippen LogP contribution in [0.5, 0.6) is 0 Å². The molecule has 0 spiro atoms. The van der Waals surface area contributed by atoms with Gasteiger partial charge >= 0.3 is 6.16 Å². The lowest BCUT2D eigenvalue weighted by Gasteiger charge is -2.19. The highest BCUT2D eigenvalue weighted by molar-refractivity contribution is 7.43. The zero-order valence-electron chi connectivity index (χ0n) is 24.3. The molecule has 1 aliphatic carbocycles. The molecule has 0 bridgehead atoms. The molecule has 5 aromatic rings. The Kier molecular flexibility index (Phi) is 8.39. The number of fused-ring (bicyclic) bond motifs is 4. The van der Waals surface area contributed by atoms with Crippen LogP contribution in [0.15, 0.2) is 91.5 Å². The van der Waals surface area contributed by atoms with E-state index in [1.165, 1.54) is 12.7 Å². The van der Waals surface area contributed by atoms with Crippen molar-refractivity contribution in [3.8, 4) is 11.1 Å². The smallest absolute Gasteiger partial charge is 0.433 e. The van der Waals surface area contributed by atoms with Crippen LogP contribution in [0, 0.1) is 0 Å². The van der Waals surface area contributed by atoms with E-state index in [0.717, 1.165) is 22.3 Å². The number of hydrogen-bond acceptors (Lipinski definition) is 11. The van der Waals surface area contributed by atoms with Gasteiger partial charge in [0.05, 0.1) is 12.4 Å². The molecule has 1 fully saturated rings. The van der Waals surface area contributed by atoms with Gasteiger partial charge in [0.25, 0.3) is 5.91 Å². The largest absolute Gasteiger partial charge is 0.508 e. The second-order valence-corrected chi connectivity index (χ2v) is 11.6. The van der Waals surface area contributed by atoms with Crippen molar-refractivity contribution in [1.82, 2.24) is 19.5 Å². The minimum absolute atomic E-state index is 0.107. The SMILES string of the molecule is NP(O)O[C@H]1C[C@H](n2cnc3c(NC(=O)c4ccccc4)ncnc32)O[C@@H]1COC(=O)OCC1c2ccccc2-c2ccccc21. The summed E-state index contributed by atoms with van der Waals surface area (Å²) in [6.45, 7) is -0.101. The third kappa shape index (κ3) is 5.94. The molecule has 14 heteroatoms. The number of imidazole rings is 1. The van der Waals surface area contributed by atoms with Gasteiger partial charge in [-0.25, -0.2) is 19.7 Å². The van der Waals surface area contributed by atoms with Gasteiger partial charge in [0.2, 0.25) is 8.53 Å². The summed E-state index contributed by atoms with van der Waals surface area (Å²) in [5, 5.41) is 2.77. The molecule has 1 aliphatic heterocycles. The van der Waals surface area contributed by atoms with Crippen LogP contribution in [-0.4, -0.2) is 61.9 Å². The van der Waals surface area contributed by atoms with Crippen molar-refractivity contribution in [2.45, 2.75) is 30.8 Å². The summed E-state index contributed by atoms with van der Waals surface area (Å²) in [5.41, 5.74) is 11.2. The molecule has 234 valence electrons. The third-order valence-electron chi connectivity index (χ3n) is 8.06. The van der Waals surface area contributed by atoms with E-state index in [2.05, 4.69) is 32.4 Å². The van der Waals surface area contributed by atoms with Crippen LogP contribution in [-0.2, 0) is 18.7 Å². The zero-order chi connectivity index (χ0) is 31.6. The highest BCUT2D eigenvalue weighted by Gasteiger charge is 2.40. The van der Waals surface area contributed by atoms with Gasteiger partial charge in [-0.05, 0) is 34.4 Å². The Morgan fingerprint density at radius 3 is 2.33 bits per heavy atom. The van der Waals surface area contributed by atoms with Gasteiger partial charge in [-0.15, -0.1) is 0 Å². The van der Waals surface area contributed by atoms with Crippen molar-refractivity contribution >= 4 is 37.6 Å². The maximum atomic E-state index is 12.7. The summed E-state index contributed by atoms with van der Waals surface area (Å²) in [6, 6.07) is 24.8. The monoisotopic (exact) mass is 640 g/mol. The van der Waals surface area contributed by atoms with Gasteiger partial charge in [0, 0.05) is 17.9 Å². The number of nitrogens with two attached hydrogens (primary N) is 1. The van der Waals surface area contributed by atoms with Gasteiger partial charge in [0.15, 0.2) is 17.0 Å². The van der Waals surface area contributed by atoms with Crippen molar-refractivity contribution < 1.29 is 33.2 Å². The van der Waals surface area contributed by atoms with Gasteiger partial charge in [-0.2, -0.15) is 0 Å². The maximum absolute atomic E-state index is 12.7. The molecule has 0 radical (unpaired) electrons. The predicted molar refractivity (Wildman–Crippen MR) is 167 cm³/mol. The molecule has 1 saturated heterocycles. The van der Waals surface area contributed by atoms with Crippen LogP contribution in [0.25, 0.3) is 22.3 Å². The average Bonchev–Trinajstić information content (AvgIpc) is 3.77. The zero-order valence-corrected chi connectivity index (χ0v) is 25.2. The first-order valence-corrected chi connectivity index (χ1v) is 15.8. The molecule has 3 aromatic carbocycles. The van der Waals surface area contributed by atoms with Crippen LogP contribution >= 0.6 is 8.53 Å². The fraction of sp³-hybridized carbons (Fsp3) is 0.219. The summed E-state index contributed by atoms with van der Waals surface area (Å²) in [7, 11) is -2.22. The van der Waals surface area contributed by atoms with E-state index in [4.69, 9.17) is 24.2 Å². The normalized spacial score (nSPS) is 19.4. The number of nitrogens with one attached hydrogen (secondary N) is 1. The third-order valence-corrected chi connectivity index (χ3v) is 8.54. The first kappa shape index (κ1) is 29.9. The fourth-order valence-corrected chi connectivity index (χ4v) is 6.48. The summed E-state index contributed by atoms with van der Waals surface area (Å²) >= 11 is 0. The molecule has 46 heavy (non-hydrogen) atoms. The first-order chi connectivity index (χ1) is 22.5. The Balaban J connectivity index is 1.01. The number of benzene rings is 3. The van der Waals surface area contributed by atoms with Crippen LogP contribution < -0.4 is 10.8 Å². The topological polar surface area (TPSA) is 173 Å². The van der Waals surface area contributed by atoms with Crippen molar-refractivity contribution in [1.29, 1.82) is 0 Å². The van der Waals surface area contributed by atoms with E-state index in [-0.39, 0.29) is 37.3 Å². The molecule has 7 rings (SSSR count). The molecular formula is C32H29N6O7P. The van der Waals surface area contributed by atoms with Gasteiger partial charge < -0.3 is 28.9 Å². The molecule has 1 amide bonds. The minimum Gasteiger partial charge on any atom is -0.433 e. The molecular weight excluding hydrogens is 611 g/mol. The van der Waals surface area contributed by atoms with Crippen molar-refractivity contribution in [3.63, 3.8) is 0 Å². The van der Waals surface area contributed by atoms with E-state index in [0.29, 0.717) is 16.7 Å². The Hall–Kier alpha value is -4.78. The van der Waals surface area contributed by atoms with Gasteiger partial charge in [-0.1, -0.05) is 66.7 Å². The Labute approximate surface area is 264 Å². The quantitative estimate of drug-likeness (QED) is 0.148. The van der Waals surface area contributed by atoms with E-state index in [9.17, 15) is 14.5 Å². The molecule has 2 aliphatic rings. The summed E-state index contributed by atoms with van der Waals surface area (Å²) in [6.07, 6.45) is 0.0790. The van der Waals surface area contributed by atoms with Gasteiger partial charge in [0.1, 0.15) is 31.9 Å².